The zero-order valence-electron chi connectivity index (χ0n) is 15.5. The molecular formula is C21H25ClFNO3. The Morgan fingerprint density at radius 1 is 1.15 bits per heavy atom. The standard InChI is InChI=1S/C21H25ClFNO3/c1-25-21-14-16(4-3-9-24-10-12-26-13-11-24)7-8-20(21)27-15-17-18(22)5-2-6-19(17)23/h2,5-8,14H,3-4,9-13,15H2,1H3. The van der Waals surface area contributed by atoms with E-state index in [9.17, 15) is 4.39 Å². The van der Waals surface area contributed by atoms with Gasteiger partial charge in [0.1, 0.15) is 12.4 Å². The van der Waals surface area contributed by atoms with E-state index in [1.54, 1.807) is 19.2 Å². The number of aryl methyl sites for hydroxylation is 1. The molecule has 1 saturated heterocycles. The molecule has 1 aliphatic rings. The lowest BCUT2D eigenvalue weighted by molar-refractivity contribution is 0.0374. The molecule has 2 aromatic carbocycles. The lowest BCUT2D eigenvalue weighted by atomic mass is 10.1. The number of methoxy groups -OCH3 is 1. The van der Waals surface area contributed by atoms with Crippen LogP contribution < -0.4 is 9.47 Å². The predicted molar refractivity (Wildman–Crippen MR) is 104 cm³/mol. The molecule has 0 bridgehead atoms. The fraction of sp³-hybridized carbons (Fsp3) is 0.429. The quantitative estimate of drug-likeness (QED) is 0.668. The van der Waals surface area contributed by atoms with Crippen molar-refractivity contribution in [1.82, 2.24) is 4.90 Å². The van der Waals surface area contributed by atoms with E-state index in [4.69, 9.17) is 25.8 Å². The number of morpholine rings is 1. The molecule has 4 nitrogen and oxygen atoms in total. The van der Waals surface area contributed by atoms with Crippen LogP contribution in [0.15, 0.2) is 36.4 Å². The summed E-state index contributed by atoms with van der Waals surface area (Å²) in [7, 11) is 1.61. The summed E-state index contributed by atoms with van der Waals surface area (Å²) in [6, 6.07) is 10.5. The highest BCUT2D eigenvalue weighted by molar-refractivity contribution is 6.31. The number of hydrogen-bond donors (Lipinski definition) is 0. The number of rotatable bonds is 8. The van der Waals surface area contributed by atoms with Crippen LogP contribution in [0.1, 0.15) is 17.5 Å². The van der Waals surface area contributed by atoms with Gasteiger partial charge in [-0.25, -0.2) is 4.39 Å². The Kier molecular flexibility index (Phi) is 7.33. The van der Waals surface area contributed by atoms with Gasteiger partial charge in [-0.3, -0.25) is 4.90 Å². The molecule has 6 heteroatoms. The fourth-order valence-corrected chi connectivity index (χ4v) is 3.36. The van der Waals surface area contributed by atoms with Crippen molar-refractivity contribution in [3.63, 3.8) is 0 Å². The smallest absolute Gasteiger partial charge is 0.161 e. The van der Waals surface area contributed by atoms with Crippen molar-refractivity contribution in [1.29, 1.82) is 0 Å². The van der Waals surface area contributed by atoms with E-state index in [1.807, 2.05) is 18.2 Å². The zero-order valence-corrected chi connectivity index (χ0v) is 16.3. The van der Waals surface area contributed by atoms with Crippen LogP contribution in [0.5, 0.6) is 11.5 Å². The Hall–Kier alpha value is -1.82. The van der Waals surface area contributed by atoms with Crippen LogP contribution in [0.25, 0.3) is 0 Å². The number of nitrogens with zero attached hydrogens (tertiary/aromatic N) is 1. The maximum absolute atomic E-state index is 13.9. The minimum atomic E-state index is -0.374. The van der Waals surface area contributed by atoms with Crippen LogP contribution in [0.3, 0.4) is 0 Å². The normalized spacial score (nSPS) is 14.9. The van der Waals surface area contributed by atoms with E-state index in [2.05, 4.69) is 4.90 Å². The monoisotopic (exact) mass is 393 g/mol. The Morgan fingerprint density at radius 2 is 1.96 bits per heavy atom. The first-order valence-electron chi connectivity index (χ1n) is 9.20. The Labute approximate surface area is 164 Å². The third-order valence-electron chi connectivity index (χ3n) is 4.71. The van der Waals surface area contributed by atoms with Gasteiger partial charge in [0, 0.05) is 18.7 Å². The van der Waals surface area contributed by atoms with E-state index in [1.165, 1.54) is 11.6 Å². The maximum Gasteiger partial charge on any atom is 0.161 e. The van der Waals surface area contributed by atoms with Crippen LogP contribution in [-0.2, 0) is 17.8 Å². The zero-order chi connectivity index (χ0) is 19.1. The average Bonchev–Trinajstić information content (AvgIpc) is 2.69. The largest absolute Gasteiger partial charge is 0.493 e. The molecule has 3 rings (SSSR count). The van der Waals surface area contributed by atoms with E-state index >= 15 is 0 Å². The van der Waals surface area contributed by atoms with Gasteiger partial charge in [-0.2, -0.15) is 0 Å². The fourth-order valence-electron chi connectivity index (χ4n) is 3.14. The minimum absolute atomic E-state index is 0.0538. The summed E-state index contributed by atoms with van der Waals surface area (Å²) in [5.74, 6) is 0.848. The molecule has 1 fully saturated rings. The first kappa shape index (κ1) is 19.9. The van der Waals surface area contributed by atoms with Crippen molar-refractivity contribution < 1.29 is 18.6 Å². The summed E-state index contributed by atoms with van der Waals surface area (Å²) in [5.41, 5.74) is 1.53. The van der Waals surface area contributed by atoms with Crippen LogP contribution >= 0.6 is 11.6 Å². The molecule has 0 aromatic heterocycles. The Bertz CT molecular complexity index is 730. The number of hydrogen-bond acceptors (Lipinski definition) is 4. The van der Waals surface area contributed by atoms with Crippen molar-refractivity contribution in [3.8, 4) is 11.5 Å². The number of benzene rings is 2. The van der Waals surface area contributed by atoms with Crippen molar-refractivity contribution >= 4 is 11.6 Å². The van der Waals surface area contributed by atoms with Crippen molar-refractivity contribution in [2.45, 2.75) is 19.4 Å². The third kappa shape index (κ3) is 5.58. The number of halogens is 2. The highest BCUT2D eigenvalue weighted by Crippen LogP contribution is 2.30. The van der Waals surface area contributed by atoms with Crippen LogP contribution in [0.4, 0.5) is 4.39 Å². The van der Waals surface area contributed by atoms with Gasteiger partial charge in [0.15, 0.2) is 11.5 Å². The molecule has 1 heterocycles. The van der Waals surface area contributed by atoms with E-state index in [0.717, 1.165) is 45.7 Å². The SMILES string of the molecule is COc1cc(CCCN2CCOCC2)ccc1OCc1c(F)cccc1Cl. The van der Waals surface area contributed by atoms with Gasteiger partial charge >= 0.3 is 0 Å². The highest BCUT2D eigenvalue weighted by Gasteiger charge is 2.12. The summed E-state index contributed by atoms with van der Waals surface area (Å²) >= 11 is 6.05. The Morgan fingerprint density at radius 3 is 2.70 bits per heavy atom. The molecule has 0 N–H and O–H groups in total. The van der Waals surface area contributed by atoms with Crippen LogP contribution in [0, 0.1) is 5.82 Å². The first-order valence-corrected chi connectivity index (χ1v) is 9.58. The molecule has 1 aliphatic heterocycles. The molecule has 0 unspecified atom stereocenters. The second-order valence-corrected chi connectivity index (χ2v) is 6.94. The summed E-state index contributed by atoms with van der Waals surface area (Å²) in [4.78, 5) is 2.43. The van der Waals surface area contributed by atoms with Gasteiger partial charge < -0.3 is 14.2 Å². The topological polar surface area (TPSA) is 30.9 Å². The van der Waals surface area contributed by atoms with Gasteiger partial charge in [-0.15, -0.1) is 0 Å². The average molecular weight is 394 g/mol. The molecule has 0 radical (unpaired) electrons. The lowest BCUT2D eigenvalue weighted by Crippen LogP contribution is -2.36. The van der Waals surface area contributed by atoms with Gasteiger partial charge in [0.2, 0.25) is 0 Å². The summed E-state index contributed by atoms with van der Waals surface area (Å²) in [6.45, 7) is 4.79. The summed E-state index contributed by atoms with van der Waals surface area (Å²) in [5, 5.41) is 0.355. The van der Waals surface area contributed by atoms with E-state index in [-0.39, 0.29) is 12.4 Å². The molecule has 146 valence electrons. The maximum atomic E-state index is 13.9. The molecule has 2 aromatic rings. The molecule has 0 atom stereocenters. The van der Waals surface area contributed by atoms with Crippen molar-refractivity contribution in [2.24, 2.45) is 0 Å². The summed E-state index contributed by atoms with van der Waals surface area (Å²) in [6.07, 6.45) is 2.04. The molecule has 0 saturated carbocycles. The minimum Gasteiger partial charge on any atom is -0.493 e. The highest BCUT2D eigenvalue weighted by atomic mass is 35.5. The van der Waals surface area contributed by atoms with Crippen LogP contribution in [0.2, 0.25) is 5.02 Å². The third-order valence-corrected chi connectivity index (χ3v) is 5.06. The summed E-state index contributed by atoms with van der Waals surface area (Å²) < 4.78 is 30.5. The van der Waals surface area contributed by atoms with Gasteiger partial charge in [0.25, 0.3) is 0 Å². The Balaban J connectivity index is 1.57. The predicted octanol–water partition coefficient (Wildman–Crippen LogP) is 4.33. The van der Waals surface area contributed by atoms with Crippen molar-refractivity contribution in [3.05, 3.63) is 58.4 Å². The van der Waals surface area contributed by atoms with Gasteiger partial charge in [-0.1, -0.05) is 23.7 Å². The lowest BCUT2D eigenvalue weighted by Gasteiger charge is -2.26. The molecule has 27 heavy (non-hydrogen) atoms. The second-order valence-electron chi connectivity index (χ2n) is 6.53. The van der Waals surface area contributed by atoms with Crippen LogP contribution in [-0.4, -0.2) is 44.9 Å². The van der Waals surface area contributed by atoms with Gasteiger partial charge in [0.05, 0.1) is 25.3 Å². The molecule has 0 spiro atoms. The number of ether oxygens (including phenoxy) is 3. The molecule has 0 aliphatic carbocycles. The van der Waals surface area contributed by atoms with Gasteiger partial charge in [-0.05, 0) is 49.2 Å². The molecular weight excluding hydrogens is 369 g/mol. The van der Waals surface area contributed by atoms with Crippen molar-refractivity contribution in [2.75, 3.05) is 40.0 Å². The second kappa shape index (κ2) is 9.93. The van der Waals surface area contributed by atoms with E-state index < -0.39 is 0 Å². The van der Waals surface area contributed by atoms with E-state index in [0.29, 0.717) is 22.1 Å². The first-order chi connectivity index (χ1) is 13.2. The molecule has 0 amide bonds.